The first-order valence-electron chi connectivity index (χ1n) is 7.48. The van der Waals surface area contributed by atoms with Crippen LogP contribution in [0.5, 0.6) is 0 Å². The highest BCUT2D eigenvalue weighted by Crippen LogP contribution is 2.21. The van der Waals surface area contributed by atoms with E-state index in [4.69, 9.17) is 4.52 Å². The minimum atomic E-state index is 0.163. The number of thiophene rings is 1. The van der Waals surface area contributed by atoms with Crippen molar-refractivity contribution in [1.29, 1.82) is 0 Å². The van der Waals surface area contributed by atoms with E-state index in [0.29, 0.717) is 24.6 Å². The van der Waals surface area contributed by atoms with E-state index in [9.17, 15) is 4.79 Å². The summed E-state index contributed by atoms with van der Waals surface area (Å²) in [6, 6.07) is 4.17. The summed E-state index contributed by atoms with van der Waals surface area (Å²) in [4.78, 5) is 21.9. The maximum Gasteiger partial charge on any atom is 0.227 e. The molecule has 1 unspecified atom stereocenters. The second kappa shape index (κ2) is 6.58. The number of aromatic nitrogens is 2. The van der Waals surface area contributed by atoms with Crippen molar-refractivity contribution < 1.29 is 9.32 Å². The van der Waals surface area contributed by atoms with Crippen LogP contribution in [0.4, 0.5) is 0 Å². The van der Waals surface area contributed by atoms with E-state index in [2.05, 4.69) is 29.0 Å². The molecule has 0 bridgehead atoms. The molecule has 1 aliphatic heterocycles. The van der Waals surface area contributed by atoms with Crippen molar-refractivity contribution in [3.05, 3.63) is 23.4 Å². The normalized spacial score (nSPS) is 19.5. The monoisotopic (exact) mass is 320 g/mol. The van der Waals surface area contributed by atoms with Crippen LogP contribution < -0.4 is 0 Å². The van der Waals surface area contributed by atoms with Crippen LogP contribution in [0.2, 0.25) is 0 Å². The predicted molar refractivity (Wildman–Crippen MR) is 84.6 cm³/mol. The molecule has 0 spiro atoms. The quantitative estimate of drug-likeness (QED) is 0.861. The number of likely N-dealkylation sites (N-methyl/N-ethyl adjacent to an activating group) is 1. The van der Waals surface area contributed by atoms with Gasteiger partial charge in [-0.05, 0) is 25.4 Å². The first-order chi connectivity index (χ1) is 10.6. The molecule has 3 rings (SSSR count). The van der Waals surface area contributed by atoms with E-state index in [1.165, 1.54) is 0 Å². The summed E-state index contributed by atoms with van der Waals surface area (Å²) in [6.07, 6.45) is 0.913. The molecule has 22 heavy (non-hydrogen) atoms. The molecular weight excluding hydrogens is 300 g/mol. The van der Waals surface area contributed by atoms with Crippen LogP contribution in [0.15, 0.2) is 22.0 Å². The maximum absolute atomic E-state index is 12.3. The smallest absolute Gasteiger partial charge is 0.227 e. The lowest BCUT2D eigenvalue weighted by Gasteiger charge is -2.38. The topological polar surface area (TPSA) is 62.5 Å². The van der Waals surface area contributed by atoms with Gasteiger partial charge in [-0.3, -0.25) is 4.79 Å². The van der Waals surface area contributed by atoms with Crippen LogP contribution in [0.3, 0.4) is 0 Å². The summed E-state index contributed by atoms with van der Waals surface area (Å²) >= 11 is 1.57. The predicted octanol–water partition coefficient (Wildman–Crippen LogP) is 1.89. The number of amides is 1. The third kappa shape index (κ3) is 3.36. The number of hydrogen-bond donors (Lipinski definition) is 0. The number of hydrogen-bond acceptors (Lipinski definition) is 6. The lowest BCUT2D eigenvalue weighted by atomic mass is 10.1. The zero-order chi connectivity index (χ0) is 15.5. The van der Waals surface area contributed by atoms with E-state index < -0.39 is 0 Å². The fraction of sp³-hybridized carbons (Fsp3) is 0.533. The van der Waals surface area contributed by atoms with E-state index >= 15 is 0 Å². The highest BCUT2D eigenvalue weighted by molar-refractivity contribution is 7.13. The lowest BCUT2D eigenvalue weighted by molar-refractivity contribution is -0.135. The van der Waals surface area contributed by atoms with Gasteiger partial charge in [-0.15, -0.1) is 11.3 Å². The SMILES string of the molecule is CC1CN(C)CCN1C(=O)CCc1nc(-c2cccs2)no1. The third-order valence-corrected chi connectivity index (χ3v) is 4.78. The molecule has 1 fully saturated rings. The Morgan fingerprint density at radius 3 is 3.09 bits per heavy atom. The van der Waals surface area contributed by atoms with Crippen LogP contribution in [0.1, 0.15) is 19.2 Å². The summed E-state index contributed by atoms with van der Waals surface area (Å²) in [7, 11) is 2.09. The molecule has 1 saturated heterocycles. The highest BCUT2D eigenvalue weighted by Gasteiger charge is 2.25. The van der Waals surface area contributed by atoms with Gasteiger partial charge in [0.05, 0.1) is 4.88 Å². The fourth-order valence-electron chi connectivity index (χ4n) is 2.73. The van der Waals surface area contributed by atoms with E-state index in [0.717, 1.165) is 24.5 Å². The average Bonchev–Trinajstić information content (AvgIpc) is 3.16. The molecule has 2 aromatic heterocycles. The van der Waals surface area contributed by atoms with E-state index in [1.807, 2.05) is 22.4 Å². The van der Waals surface area contributed by atoms with Gasteiger partial charge in [-0.1, -0.05) is 11.2 Å². The zero-order valence-electron chi connectivity index (χ0n) is 12.9. The zero-order valence-corrected chi connectivity index (χ0v) is 13.7. The molecule has 0 saturated carbocycles. The largest absolute Gasteiger partial charge is 0.339 e. The molecule has 118 valence electrons. The molecule has 2 aromatic rings. The molecule has 0 aromatic carbocycles. The molecular formula is C15H20N4O2S. The number of carbonyl (C=O) groups excluding carboxylic acids is 1. The molecule has 1 aliphatic rings. The van der Waals surface area contributed by atoms with Crippen molar-refractivity contribution in [2.24, 2.45) is 0 Å². The summed E-state index contributed by atoms with van der Waals surface area (Å²) in [5, 5.41) is 5.94. The standard InChI is InChI=1S/C15H20N4O2S/c1-11-10-18(2)7-8-19(11)14(20)6-5-13-16-15(17-21-13)12-4-3-9-22-12/h3-4,9,11H,5-8,10H2,1-2H3. The van der Waals surface area contributed by atoms with Gasteiger partial charge in [0.2, 0.25) is 17.6 Å². The van der Waals surface area contributed by atoms with Crippen LogP contribution in [0, 0.1) is 0 Å². The Kier molecular flexibility index (Phi) is 4.54. The molecule has 1 amide bonds. The Bertz CT molecular complexity index is 625. The van der Waals surface area contributed by atoms with Gasteiger partial charge >= 0.3 is 0 Å². The van der Waals surface area contributed by atoms with Crippen molar-refractivity contribution in [1.82, 2.24) is 19.9 Å². The number of nitrogens with zero attached hydrogens (tertiary/aromatic N) is 4. The Labute approximate surface area is 133 Å². The second-order valence-electron chi connectivity index (χ2n) is 5.69. The number of piperazine rings is 1. The van der Waals surface area contributed by atoms with Crippen molar-refractivity contribution in [2.75, 3.05) is 26.7 Å². The first kappa shape index (κ1) is 15.2. The maximum atomic E-state index is 12.3. The van der Waals surface area contributed by atoms with Crippen molar-refractivity contribution in [3.8, 4) is 10.7 Å². The minimum Gasteiger partial charge on any atom is -0.339 e. The fourth-order valence-corrected chi connectivity index (χ4v) is 3.38. The van der Waals surface area contributed by atoms with Crippen molar-refractivity contribution in [3.63, 3.8) is 0 Å². The van der Waals surface area contributed by atoms with Crippen LogP contribution in [-0.2, 0) is 11.2 Å². The minimum absolute atomic E-state index is 0.163. The number of carbonyl (C=O) groups is 1. The van der Waals surface area contributed by atoms with Crippen LogP contribution in [-0.4, -0.2) is 58.6 Å². The van der Waals surface area contributed by atoms with Gasteiger partial charge in [-0.25, -0.2) is 0 Å². The van der Waals surface area contributed by atoms with Gasteiger partial charge < -0.3 is 14.3 Å². The summed E-state index contributed by atoms with van der Waals surface area (Å²) < 4.78 is 5.24. The van der Waals surface area contributed by atoms with Crippen LogP contribution >= 0.6 is 11.3 Å². The van der Waals surface area contributed by atoms with E-state index in [-0.39, 0.29) is 11.9 Å². The summed E-state index contributed by atoms with van der Waals surface area (Å²) in [5.74, 6) is 1.29. The Balaban J connectivity index is 1.55. The Morgan fingerprint density at radius 1 is 1.50 bits per heavy atom. The number of rotatable bonds is 4. The molecule has 6 nitrogen and oxygen atoms in total. The second-order valence-corrected chi connectivity index (χ2v) is 6.64. The number of aryl methyl sites for hydroxylation is 1. The van der Waals surface area contributed by atoms with Gasteiger partial charge in [-0.2, -0.15) is 4.98 Å². The molecule has 0 N–H and O–H groups in total. The molecule has 1 atom stereocenters. The average molecular weight is 320 g/mol. The summed E-state index contributed by atoms with van der Waals surface area (Å²) in [5.41, 5.74) is 0. The van der Waals surface area contributed by atoms with E-state index in [1.54, 1.807) is 11.3 Å². The molecule has 0 aliphatic carbocycles. The van der Waals surface area contributed by atoms with Crippen molar-refractivity contribution >= 4 is 17.2 Å². The third-order valence-electron chi connectivity index (χ3n) is 3.91. The van der Waals surface area contributed by atoms with Gasteiger partial charge in [0.15, 0.2) is 0 Å². The summed E-state index contributed by atoms with van der Waals surface area (Å²) in [6.45, 7) is 4.74. The Hall–Kier alpha value is -1.73. The van der Waals surface area contributed by atoms with Gasteiger partial charge in [0.1, 0.15) is 0 Å². The van der Waals surface area contributed by atoms with Crippen LogP contribution in [0.25, 0.3) is 10.7 Å². The lowest BCUT2D eigenvalue weighted by Crippen LogP contribution is -2.52. The van der Waals surface area contributed by atoms with Gasteiger partial charge in [0.25, 0.3) is 0 Å². The first-order valence-corrected chi connectivity index (χ1v) is 8.36. The molecule has 3 heterocycles. The Morgan fingerprint density at radius 2 is 2.36 bits per heavy atom. The molecule has 7 heteroatoms. The molecule has 0 radical (unpaired) electrons. The van der Waals surface area contributed by atoms with Gasteiger partial charge in [0, 0.05) is 38.5 Å². The highest BCUT2D eigenvalue weighted by atomic mass is 32.1. The van der Waals surface area contributed by atoms with Crippen molar-refractivity contribution in [2.45, 2.75) is 25.8 Å².